The van der Waals surface area contributed by atoms with Gasteiger partial charge >= 0.3 is 0 Å². The van der Waals surface area contributed by atoms with Gasteiger partial charge in [0.15, 0.2) is 0 Å². The molecule has 0 unspecified atom stereocenters. The van der Waals surface area contributed by atoms with Crippen LogP contribution in [0.4, 0.5) is 0 Å². The van der Waals surface area contributed by atoms with Crippen LogP contribution in [0.3, 0.4) is 0 Å². The van der Waals surface area contributed by atoms with Crippen molar-refractivity contribution in [3.8, 4) is 0 Å². The molecule has 4 rings (SSSR count). The smallest absolute Gasteiger partial charge is 0.209 e. The summed E-state index contributed by atoms with van der Waals surface area (Å²) in [6.45, 7) is 6.33. The molecule has 0 radical (unpaired) electrons. The minimum Gasteiger partial charge on any atom is -0.381 e. The summed E-state index contributed by atoms with van der Waals surface area (Å²) in [5.74, 6) is 1.80. The summed E-state index contributed by atoms with van der Waals surface area (Å²) in [5.41, 5.74) is 1.45. The van der Waals surface area contributed by atoms with E-state index in [9.17, 15) is 8.42 Å². The zero-order valence-corrected chi connectivity index (χ0v) is 19.7. The number of ether oxygens (including phenoxy) is 2. The first-order valence-corrected chi connectivity index (χ1v) is 13.7. The molecule has 0 spiro atoms. The summed E-state index contributed by atoms with van der Waals surface area (Å²) in [6.07, 6.45) is 6.70. The van der Waals surface area contributed by atoms with E-state index in [1.165, 1.54) is 37.5 Å². The van der Waals surface area contributed by atoms with Gasteiger partial charge in [0, 0.05) is 31.7 Å². The van der Waals surface area contributed by atoms with Gasteiger partial charge in [-0.1, -0.05) is 30.3 Å². The molecule has 1 aromatic carbocycles. The fourth-order valence-electron chi connectivity index (χ4n) is 5.37. The third-order valence-electron chi connectivity index (χ3n) is 7.54. The molecule has 174 valence electrons. The lowest BCUT2D eigenvalue weighted by atomic mass is 9.79. The molecule has 1 aliphatic carbocycles. The van der Waals surface area contributed by atoms with Gasteiger partial charge in [0.25, 0.3) is 0 Å². The second-order valence-corrected chi connectivity index (χ2v) is 11.6. The standard InChI is InChI=1S/C24H38N2O4S/c1-18(22-16-29-17-22)26-13-12-23(25-31(2,27)28)24(14-26)30-15-19-8-10-21(11-9-19)20-6-4-3-5-7-20/h3-7,18-19,21-25H,8-17H2,1-2H3/t18-,19?,21?,23+,24-/m1/s1. The van der Waals surface area contributed by atoms with Crippen LogP contribution in [0.25, 0.3) is 0 Å². The van der Waals surface area contributed by atoms with E-state index in [2.05, 4.69) is 46.9 Å². The van der Waals surface area contributed by atoms with E-state index in [0.29, 0.717) is 23.8 Å². The first-order chi connectivity index (χ1) is 14.9. The number of rotatable bonds is 8. The van der Waals surface area contributed by atoms with Crippen molar-refractivity contribution in [2.24, 2.45) is 11.8 Å². The van der Waals surface area contributed by atoms with Crippen molar-refractivity contribution in [3.63, 3.8) is 0 Å². The molecule has 3 atom stereocenters. The maximum absolute atomic E-state index is 11.9. The number of likely N-dealkylation sites (tertiary alicyclic amines) is 1. The van der Waals surface area contributed by atoms with Crippen LogP contribution >= 0.6 is 0 Å². The topological polar surface area (TPSA) is 67.9 Å². The lowest BCUT2D eigenvalue weighted by Crippen LogP contribution is -2.59. The highest BCUT2D eigenvalue weighted by Gasteiger charge is 2.37. The van der Waals surface area contributed by atoms with Crippen molar-refractivity contribution in [1.29, 1.82) is 0 Å². The van der Waals surface area contributed by atoms with Gasteiger partial charge in [-0.3, -0.25) is 4.90 Å². The van der Waals surface area contributed by atoms with Crippen molar-refractivity contribution in [2.75, 3.05) is 39.2 Å². The number of hydrogen-bond acceptors (Lipinski definition) is 5. The Morgan fingerprint density at radius 1 is 1.13 bits per heavy atom. The lowest BCUT2D eigenvalue weighted by molar-refractivity contribution is -0.0950. The van der Waals surface area contributed by atoms with Crippen LogP contribution in [0.5, 0.6) is 0 Å². The fourth-order valence-corrected chi connectivity index (χ4v) is 6.19. The molecule has 0 bridgehead atoms. The Balaban J connectivity index is 1.31. The van der Waals surface area contributed by atoms with Crippen molar-refractivity contribution in [2.45, 2.75) is 63.1 Å². The molecule has 2 heterocycles. The molecule has 0 amide bonds. The zero-order chi connectivity index (χ0) is 21.8. The zero-order valence-electron chi connectivity index (χ0n) is 18.9. The van der Waals surface area contributed by atoms with E-state index >= 15 is 0 Å². The lowest BCUT2D eigenvalue weighted by Gasteiger charge is -2.45. The first kappa shape index (κ1) is 23.2. The molecule has 6 nitrogen and oxygen atoms in total. The van der Waals surface area contributed by atoms with Gasteiger partial charge in [-0.2, -0.15) is 0 Å². The molecule has 1 saturated carbocycles. The van der Waals surface area contributed by atoms with Gasteiger partial charge in [-0.25, -0.2) is 13.1 Å². The Hall–Kier alpha value is -0.990. The summed E-state index contributed by atoms with van der Waals surface area (Å²) >= 11 is 0. The molecular weight excluding hydrogens is 412 g/mol. The van der Waals surface area contributed by atoms with E-state index in [0.717, 1.165) is 39.3 Å². The number of benzene rings is 1. The molecular formula is C24H38N2O4S. The van der Waals surface area contributed by atoms with Crippen molar-refractivity contribution in [1.82, 2.24) is 9.62 Å². The quantitative estimate of drug-likeness (QED) is 0.659. The van der Waals surface area contributed by atoms with Gasteiger partial charge in [0.1, 0.15) is 0 Å². The highest BCUT2D eigenvalue weighted by molar-refractivity contribution is 7.88. The Morgan fingerprint density at radius 3 is 2.45 bits per heavy atom. The van der Waals surface area contributed by atoms with Gasteiger partial charge in [-0.05, 0) is 56.4 Å². The summed E-state index contributed by atoms with van der Waals surface area (Å²) < 4.78 is 38.5. The average Bonchev–Trinajstić information content (AvgIpc) is 2.72. The Kier molecular flexibility index (Phi) is 7.70. The fraction of sp³-hybridized carbons (Fsp3) is 0.750. The Morgan fingerprint density at radius 2 is 1.84 bits per heavy atom. The maximum Gasteiger partial charge on any atom is 0.209 e. The molecule has 31 heavy (non-hydrogen) atoms. The molecule has 3 aliphatic rings. The van der Waals surface area contributed by atoms with Crippen LogP contribution < -0.4 is 4.72 Å². The number of nitrogens with one attached hydrogen (secondary N) is 1. The normalized spacial score (nSPS) is 31.8. The SMILES string of the molecule is C[C@H](C1COC1)N1CC[C@H](NS(C)(=O)=O)[C@H](OCC2CCC(c3ccccc3)CC2)C1. The van der Waals surface area contributed by atoms with Crippen LogP contribution in [0.2, 0.25) is 0 Å². The minimum absolute atomic E-state index is 0.0984. The number of piperidine rings is 1. The van der Waals surface area contributed by atoms with Gasteiger partial charge in [0.05, 0.1) is 31.6 Å². The third kappa shape index (κ3) is 6.29. The second-order valence-electron chi connectivity index (χ2n) is 9.82. The van der Waals surface area contributed by atoms with Gasteiger partial charge in [0.2, 0.25) is 10.0 Å². The number of hydrogen-bond donors (Lipinski definition) is 1. The number of nitrogens with zero attached hydrogens (tertiary/aromatic N) is 1. The molecule has 3 fully saturated rings. The van der Waals surface area contributed by atoms with Crippen molar-refractivity contribution in [3.05, 3.63) is 35.9 Å². The van der Waals surface area contributed by atoms with E-state index in [4.69, 9.17) is 9.47 Å². The van der Waals surface area contributed by atoms with Crippen LogP contribution in [-0.2, 0) is 19.5 Å². The van der Waals surface area contributed by atoms with Crippen LogP contribution in [0.1, 0.15) is 50.5 Å². The molecule has 2 aliphatic heterocycles. The summed E-state index contributed by atoms with van der Waals surface area (Å²) in [5, 5.41) is 0. The number of sulfonamides is 1. The summed E-state index contributed by atoms with van der Waals surface area (Å²) in [7, 11) is -3.25. The monoisotopic (exact) mass is 450 g/mol. The van der Waals surface area contributed by atoms with E-state index in [1.54, 1.807) is 0 Å². The van der Waals surface area contributed by atoms with Crippen LogP contribution in [0.15, 0.2) is 30.3 Å². The first-order valence-electron chi connectivity index (χ1n) is 11.8. The van der Waals surface area contributed by atoms with E-state index in [1.807, 2.05) is 0 Å². The Bertz CT molecular complexity index is 791. The van der Waals surface area contributed by atoms with Crippen LogP contribution in [-0.4, -0.2) is 70.7 Å². The van der Waals surface area contributed by atoms with E-state index < -0.39 is 10.0 Å². The second kappa shape index (κ2) is 10.3. The molecule has 7 heteroatoms. The molecule has 1 N–H and O–H groups in total. The van der Waals surface area contributed by atoms with Gasteiger partial charge < -0.3 is 9.47 Å². The third-order valence-corrected chi connectivity index (χ3v) is 8.27. The van der Waals surface area contributed by atoms with Crippen molar-refractivity contribution >= 4 is 10.0 Å². The minimum atomic E-state index is -3.25. The maximum atomic E-state index is 11.9. The van der Waals surface area contributed by atoms with E-state index in [-0.39, 0.29) is 12.1 Å². The molecule has 1 aromatic rings. The summed E-state index contributed by atoms with van der Waals surface area (Å²) in [6, 6.07) is 11.1. The molecule has 2 saturated heterocycles. The van der Waals surface area contributed by atoms with Crippen LogP contribution in [0, 0.1) is 11.8 Å². The average molecular weight is 451 g/mol. The molecule has 0 aromatic heterocycles. The summed E-state index contributed by atoms with van der Waals surface area (Å²) in [4.78, 5) is 2.46. The Labute approximate surface area is 187 Å². The van der Waals surface area contributed by atoms with Gasteiger partial charge in [-0.15, -0.1) is 0 Å². The van der Waals surface area contributed by atoms with Crippen molar-refractivity contribution < 1.29 is 17.9 Å². The highest BCUT2D eigenvalue weighted by atomic mass is 32.2. The predicted molar refractivity (Wildman–Crippen MR) is 123 cm³/mol. The highest BCUT2D eigenvalue weighted by Crippen LogP contribution is 2.36. The predicted octanol–water partition coefficient (Wildman–Crippen LogP) is 3.00. The largest absolute Gasteiger partial charge is 0.381 e.